The summed E-state index contributed by atoms with van der Waals surface area (Å²) in [6.45, 7) is 0. The van der Waals surface area contributed by atoms with Crippen molar-refractivity contribution in [3.05, 3.63) is 35.4 Å². The molecule has 0 saturated heterocycles. The number of ether oxygens (including phenoxy) is 1. The first-order chi connectivity index (χ1) is 5.83. The zero-order valence-electron chi connectivity index (χ0n) is 7.03. The standard InChI is InChI=1S/C10H12O2/c1-12-9-6-7-4-2-3-5-8(7)10(9)11/h2-5,9-11H,6H2,1H3/t9-,10+/m1/s1. The van der Waals surface area contributed by atoms with E-state index < -0.39 is 6.10 Å². The van der Waals surface area contributed by atoms with E-state index >= 15 is 0 Å². The fourth-order valence-electron chi connectivity index (χ4n) is 1.75. The van der Waals surface area contributed by atoms with Crippen LogP contribution in [-0.2, 0) is 11.2 Å². The minimum Gasteiger partial charge on any atom is -0.386 e. The normalized spacial score (nSPS) is 27.2. The lowest BCUT2D eigenvalue weighted by Gasteiger charge is -2.11. The van der Waals surface area contributed by atoms with Crippen LogP contribution in [0.1, 0.15) is 17.2 Å². The summed E-state index contributed by atoms with van der Waals surface area (Å²) in [5.74, 6) is 0. The summed E-state index contributed by atoms with van der Waals surface area (Å²) in [4.78, 5) is 0. The summed E-state index contributed by atoms with van der Waals surface area (Å²) in [6.07, 6.45) is 0.335. The third-order valence-electron chi connectivity index (χ3n) is 2.45. The van der Waals surface area contributed by atoms with Crippen molar-refractivity contribution in [2.75, 3.05) is 7.11 Å². The minimum absolute atomic E-state index is 0.0533. The van der Waals surface area contributed by atoms with E-state index in [1.54, 1.807) is 7.11 Å². The van der Waals surface area contributed by atoms with Crippen LogP contribution in [0.3, 0.4) is 0 Å². The number of hydrogen-bond acceptors (Lipinski definition) is 2. The van der Waals surface area contributed by atoms with Gasteiger partial charge in [-0.15, -0.1) is 0 Å². The first-order valence-corrected chi connectivity index (χ1v) is 4.11. The lowest BCUT2D eigenvalue weighted by molar-refractivity contribution is -0.000434. The van der Waals surface area contributed by atoms with Gasteiger partial charge in [-0.25, -0.2) is 0 Å². The molecule has 1 aliphatic carbocycles. The molecule has 1 aromatic carbocycles. The molecule has 2 heteroatoms. The Morgan fingerprint density at radius 3 is 2.83 bits per heavy atom. The predicted octanol–water partition coefficient (Wildman–Crippen LogP) is 1.29. The third kappa shape index (κ3) is 1.04. The van der Waals surface area contributed by atoms with Crippen LogP contribution in [0.5, 0.6) is 0 Å². The molecule has 0 aromatic heterocycles. The molecule has 0 spiro atoms. The average molecular weight is 164 g/mol. The van der Waals surface area contributed by atoms with Crippen molar-refractivity contribution < 1.29 is 9.84 Å². The summed E-state index contributed by atoms with van der Waals surface area (Å²) < 4.78 is 5.16. The molecule has 0 radical (unpaired) electrons. The van der Waals surface area contributed by atoms with E-state index in [4.69, 9.17) is 4.74 Å². The first-order valence-electron chi connectivity index (χ1n) is 4.11. The van der Waals surface area contributed by atoms with Crippen molar-refractivity contribution in [1.82, 2.24) is 0 Å². The minimum atomic E-state index is -0.439. The van der Waals surface area contributed by atoms with Gasteiger partial charge in [-0.05, 0) is 11.1 Å². The van der Waals surface area contributed by atoms with Crippen LogP contribution in [-0.4, -0.2) is 18.3 Å². The Morgan fingerprint density at radius 2 is 2.17 bits per heavy atom. The Balaban J connectivity index is 2.35. The van der Waals surface area contributed by atoms with Gasteiger partial charge >= 0.3 is 0 Å². The van der Waals surface area contributed by atoms with Crippen LogP contribution < -0.4 is 0 Å². The van der Waals surface area contributed by atoms with E-state index in [-0.39, 0.29) is 6.10 Å². The summed E-state index contributed by atoms with van der Waals surface area (Å²) in [5, 5.41) is 9.72. The van der Waals surface area contributed by atoms with Gasteiger partial charge in [0.15, 0.2) is 0 Å². The first kappa shape index (κ1) is 7.77. The van der Waals surface area contributed by atoms with Gasteiger partial charge < -0.3 is 9.84 Å². The van der Waals surface area contributed by atoms with E-state index in [2.05, 4.69) is 0 Å². The zero-order chi connectivity index (χ0) is 8.55. The second-order valence-electron chi connectivity index (χ2n) is 3.12. The molecule has 12 heavy (non-hydrogen) atoms. The summed E-state index contributed by atoms with van der Waals surface area (Å²) in [5.41, 5.74) is 2.22. The number of aliphatic hydroxyl groups is 1. The van der Waals surface area contributed by atoms with E-state index in [1.165, 1.54) is 5.56 Å². The molecule has 1 N–H and O–H groups in total. The molecule has 0 saturated carbocycles. The van der Waals surface area contributed by atoms with Crippen molar-refractivity contribution in [3.63, 3.8) is 0 Å². The van der Waals surface area contributed by atoms with Gasteiger partial charge in [0.2, 0.25) is 0 Å². The number of aliphatic hydroxyl groups excluding tert-OH is 1. The molecule has 64 valence electrons. The van der Waals surface area contributed by atoms with Crippen LogP contribution in [0.4, 0.5) is 0 Å². The van der Waals surface area contributed by atoms with Gasteiger partial charge in [0.1, 0.15) is 6.10 Å². The average Bonchev–Trinajstić information content (AvgIpc) is 2.44. The largest absolute Gasteiger partial charge is 0.386 e. The second-order valence-corrected chi connectivity index (χ2v) is 3.12. The van der Waals surface area contributed by atoms with E-state index in [0.29, 0.717) is 0 Å². The Hall–Kier alpha value is -0.860. The smallest absolute Gasteiger partial charge is 0.106 e. The number of methoxy groups -OCH3 is 1. The molecular weight excluding hydrogens is 152 g/mol. The molecule has 2 atom stereocenters. The molecule has 0 fully saturated rings. The molecule has 0 aliphatic heterocycles. The molecule has 1 aromatic rings. The lowest BCUT2D eigenvalue weighted by atomic mass is 10.1. The Kier molecular flexibility index (Phi) is 1.87. The van der Waals surface area contributed by atoms with Gasteiger partial charge in [0.05, 0.1) is 6.10 Å². The lowest BCUT2D eigenvalue weighted by Crippen LogP contribution is -2.15. The molecule has 2 nitrogen and oxygen atoms in total. The fourth-order valence-corrected chi connectivity index (χ4v) is 1.75. The molecule has 0 unspecified atom stereocenters. The Morgan fingerprint density at radius 1 is 1.42 bits per heavy atom. The fraction of sp³-hybridized carbons (Fsp3) is 0.400. The van der Waals surface area contributed by atoms with Crippen molar-refractivity contribution in [2.45, 2.75) is 18.6 Å². The van der Waals surface area contributed by atoms with Crippen LogP contribution in [0, 0.1) is 0 Å². The molecule has 0 bridgehead atoms. The Labute approximate surface area is 71.8 Å². The van der Waals surface area contributed by atoms with Gasteiger partial charge in [0, 0.05) is 13.5 Å². The highest BCUT2D eigenvalue weighted by molar-refractivity contribution is 5.35. The van der Waals surface area contributed by atoms with E-state index in [1.807, 2.05) is 24.3 Å². The van der Waals surface area contributed by atoms with Crippen LogP contribution in [0.15, 0.2) is 24.3 Å². The van der Waals surface area contributed by atoms with Gasteiger partial charge in [-0.1, -0.05) is 24.3 Å². The predicted molar refractivity (Wildman–Crippen MR) is 45.9 cm³/mol. The highest BCUT2D eigenvalue weighted by atomic mass is 16.5. The van der Waals surface area contributed by atoms with Crippen molar-refractivity contribution in [1.29, 1.82) is 0 Å². The van der Waals surface area contributed by atoms with Crippen LogP contribution >= 0.6 is 0 Å². The molecule has 2 rings (SSSR count). The highest BCUT2D eigenvalue weighted by Gasteiger charge is 2.29. The van der Waals surface area contributed by atoms with Gasteiger partial charge in [-0.3, -0.25) is 0 Å². The zero-order valence-corrected chi connectivity index (χ0v) is 7.03. The Bertz CT molecular complexity index is 283. The SMILES string of the molecule is CO[C@@H]1Cc2ccccc2[C@@H]1O. The quantitative estimate of drug-likeness (QED) is 0.677. The van der Waals surface area contributed by atoms with E-state index in [0.717, 1.165) is 12.0 Å². The number of hydrogen-bond donors (Lipinski definition) is 1. The molecule has 1 aliphatic rings. The van der Waals surface area contributed by atoms with Crippen molar-refractivity contribution in [3.8, 4) is 0 Å². The van der Waals surface area contributed by atoms with E-state index in [9.17, 15) is 5.11 Å². The summed E-state index contributed by atoms with van der Waals surface area (Å²) in [7, 11) is 1.64. The van der Waals surface area contributed by atoms with Gasteiger partial charge in [-0.2, -0.15) is 0 Å². The third-order valence-corrected chi connectivity index (χ3v) is 2.45. The van der Waals surface area contributed by atoms with Crippen molar-refractivity contribution in [2.24, 2.45) is 0 Å². The topological polar surface area (TPSA) is 29.5 Å². The monoisotopic (exact) mass is 164 g/mol. The number of benzene rings is 1. The maximum Gasteiger partial charge on any atom is 0.106 e. The maximum absolute atomic E-state index is 9.72. The highest BCUT2D eigenvalue weighted by Crippen LogP contribution is 2.32. The van der Waals surface area contributed by atoms with Crippen LogP contribution in [0.2, 0.25) is 0 Å². The molecular formula is C10H12O2. The number of rotatable bonds is 1. The number of fused-ring (bicyclic) bond motifs is 1. The second kappa shape index (κ2) is 2.88. The maximum atomic E-state index is 9.72. The summed E-state index contributed by atoms with van der Waals surface area (Å²) in [6, 6.07) is 7.93. The van der Waals surface area contributed by atoms with Gasteiger partial charge in [0.25, 0.3) is 0 Å². The van der Waals surface area contributed by atoms with Crippen molar-refractivity contribution >= 4 is 0 Å². The summed E-state index contributed by atoms with van der Waals surface area (Å²) >= 11 is 0. The molecule has 0 heterocycles. The van der Waals surface area contributed by atoms with Crippen LogP contribution in [0.25, 0.3) is 0 Å². The molecule has 0 amide bonds.